The number of hydrogen-bond donors (Lipinski definition) is 2. The predicted molar refractivity (Wildman–Crippen MR) is 90.0 cm³/mol. The van der Waals surface area contributed by atoms with Crippen LogP contribution in [-0.2, 0) is 23.9 Å². The van der Waals surface area contributed by atoms with Crippen molar-refractivity contribution in [3.63, 3.8) is 0 Å². The predicted octanol–water partition coefficient (Wildman–Crippen LogP) is 0.817. The highest BCUT2D eigenvalue weighted by Gasteiger charge is 2.56. The summed E-state index contributed by atoms with van der Waals surface area (Å²) in [5.41, 5.74) is -0.739. The van der Waals surface area contributed by atoms with Crippen molar-refractivity contribution in [3.05, 3.63) is 0 Å². The van der Waals surface area contributed by atoms with Crippen molar-refractivity contribution in [2.45, 2.75) is 56.4 Å². The Morgan fingerprint density at radius 3 is 2.24 bits per heavy atom. The number of nitrogens with one attached hydrogen (secondary N) is 1. The summed E-state index contributed by atoms with van der Waals surface area (Å²) in [7, 11) is 1.17. The summed E-state index contributed by atoms with van der Waals surface area (Å²) in [4.78, 5) is 48.7. The van der Waals surface area contributed by atoms with Crippen LogP contribution in [0, 0.1) is 0 Å². The van der Waals surface area contributed by atoms with Gasteiger partial charge in [-0.05, 0) is 34.6 Å². The first-order chi connectivity index (χ1) is 11.3. The highest BCUT2D eigenvalue weighted by molar-refractivity contribution is 8.02. The van der Waals surface area contributed by atoms with Gasteiger partial charge in [-0.2, -0.15) is 0 Å². The van der Waals surface area contributed by atoms with Gasteiger partial charge in [-0.3, -0.25) is 4.79 Å². The lowest BCUT2D eigenvalue weighted by atomic mass is 10.0. The van der Waals surface area contributed by atoms with Gasteiger partial charge in [0.25, 0.3) is 0 Å². The minimum Gasteiger partial charge on any atom is -0.479 e. The average Bonchev–Trinajstić information content (AvgIpc) is 2.74. The lowest BCUT2D eigenvalue weighted by Crippen LogP contribution is -2.55. The van der Waals surface area contributed by atoms with Gasteiger partial charge in [-0.1, -0.05) is 0 Å². The normalized spacial score (nSPS) is 22.2. The molecule has 1 aliphatic rings. The van der Waals surface area contributed by atoms with E-state index in [9.17, 15) is 24.3 Å². The minimum atomic E-state index is -1.26. The summed E-state index contributed by atoms with van der Waals surface area (Å²) < 4.78 is 8.88. The number of amides is 2. The number of rotatable bonds is 4. The molecular weight excluding hydrogens is 352 g/mol. The second-order valence-corrected chi connectivity index (χ2v) is 8.73. The van der Waals surface area contributed by atoms with Gasteiger partial charge in [0.05, 0.1) is 7.11 Å². The van der Waals surface area contributed by atoms with E-state index in [4.69, 9.17) is 9.47 Å². The number of carbonyl (C=O) groups excluding carboxylic acids is 3. The topological polar surface area (TPSA) is 122 Å². The Hall–Kier alpha value is -1.97. The van der Waals surface area contributed by atoms with Gasteiger partial charge in [0, 0.05) is 4.75 Å². The molecule has 0 aliphatic carbocycles. The van der Waals surface area contributed by atoms with Gasteiger partial charge in [-0.25, -0.2) is 14.4 Å². The van der Waals surface area contributed by atoms with Crippen molar-refractivity contribution in [1.82, 2.24) is 10.2 Å². The average molecular weight is 376 g/mol. The Bertz CT molecular complexity index is 571. The van der Waals surface area contributed by atoms with Gasteiger partial charge in [0.2, 0.25) is 5.91 Å². The zero-order valence-electron chi connectivity index (χ0n) is 15.1. The van der Waals surface area contributed by atoms with E-state index in [1.807, 2.05) is 0 Å². The number of hydrogen-bond acceptors (Lipinski definition) is 7. The number of esters is 1. The first-order valence-corrected chi connectivity index (χ1v) is 8.44. The van der Waals surface area contributed by atoms with E-state index in [-0.39, 0.29) is 0 Å². The first kappa shape index (κ1) is 21.1. The Morgan fingerprint density at radius 1 is 1.24 bits per heavy atom. The van der Waals surface area contributed by atoms with E-state index >= 15 is 0 Å². The van der Waals surface area contributed by atoms with E-state index in [0.29, 0.717) is 0 Å². The van der Waals surface area contributed by atoms with Crippen molar-refractivity contribution in [1.29, 1.82) is 0 Å². The van der Waals surface area contributed by atoms with Crippen LogP contribution in [0.25, 0.3) is 0 Å². The van der Waals surface area contributed by atoms with Crippen LogP contribution in [0.2, 0.25) is 0 Å². The zero-order valence-corrected chi connectivity index (χ0v) is 15.9. The third-order valence-corrected chi connectivity index (χ3v) is 4.79. The van der Waals surface area contributed by atoms with Crippen LogP contribution >= 0.6 is 11.8 Å². The van der Waals surface area contributed by atoms with Crippen LogP contribution in [-0.4, -0.2) is 69.4 Å². The number of alkyl carbamates (subject to hydrolysis) is 1. The van der Waals surface area contributed by atoms with E-state index in [2.05, 4.69) is 5.32 Å². The molecule has 1 aliphatic heterocycles. The van der Waals surface area contributed by atoms with Crippen LogP contribution in [0.4, 0.5) is 4.79 Å². The summed E-state index contributed by atoms with van der Waals surface area (Å²) in [6, 6.07) is -1.09. The quantitative estimate of drug-likeness (QED) is 0.692. The van der Waals surface area contributed by atoms with Crippen molar-refractivity contribution in [2.24, 2.45) is 0 Å². The number of carbonyl (C=O) groups is 4. The molecule has 2 amide bonds. The first-order valence-electron chi connectivity index (χ1n) is 7.56. The molecule has 0 bridgehead atoms. The fraction of sp³-hybridized carbons (Fsp3) is 0.733. The van der Waals surface area contributed by atoms with Crippen LogP contribution in [0.1, 0.15) is 34.6 Å². The van der Waals surface area contributed by atoms with E-state index in [0.717, 1.165) is 16.7 Å². The number of carboxylic acid groups (broad SMARTS) is 1. The maximum atomic E-state index is 12.5. The van der Waals surface area contributed by atoms with Crippen molar-refractivity contribution in [3.8, 4) is 0 Å². The monoisotopic (exact) mass is 376 g/mol. The van der Waals surface area contributed by atoms with Crippen molar-refractivity contribution >= 4 is 35.7 Å². The number of aliphatic carboxylic acids is 1. The molecule has 2 N–H and O–H groups in total. The molecular formula is C15H24N2O7S. The van der Waals surface area contributed by atoms with Crippen molar-refractivity contribution in [2.75, 3.05) is 13.7 Å². The highest BCUT2D eigenvalue weighted by atomic mass is 32.2. The number of methoxy groups -OCH3 is 1. The summed E-state index contributed by atoms with van der Waals surface area (Å²) in [6.07, 6.45) is -0.812. The Balaban J connectivity index is 2.95. The maximum absolute atomic E-state index is 12.5. The number of ether oxygens (including phenoxy) is 2. The van der Waals surface area contributed by atoms with E-state index < -0.39 is 52.2 Å². The smallest absolute Gasteiger partial charge is 0.408 e. The number of nitrogens with zero attached hydrogens (tertiary/aromatic N) is 1. The molecule has 0 aromatic heterocycles. The highest BCUT2D eigenvalue weighted by Crippen LogP contribution is 2.44. The standard InChI is InChI=1S/C15H24N2O7S/c1-14(2,3)24-13(22)16-7-8(18)17-9(12(21)23-6)15(4,5)25-10(17)11(19)20/h9-10H,7H2,1-6H3,(H,16,22)(H,19,20). The van der Waals surface area contributed by atoms with Crippen molar-refractivity contribution < 1.29 is 33.8 Å². The molecule has 1 heterocycles. The second kappa shape index (κ2) is 7.51. The molecule has 2 atom stereocenters. The molecule has 2 unspecified atom stereocenters. The SMILES string of the molecule is COC(=O)C1N(C(=O)CNC(=O)OC(C)(C)C)C(C(=O)O)SC1(C)C. The largest absolute Gasteiger partial charge is 0.479 e. The molecule has 1 fully saturated rings. The molecule has 0 aromatic carbocycles. The summed E-state index contributed by atoms with van der Waals surface area (Å²) in [5.74, 6) is -2.69. The number of thioether (sulfide) groups is 1. The van der Waals surface area contributed by atoms with Crippen LogP contribution in [0.5, 0.6) is 0 Å². The number of carboxylic acids is 1. The summed E-state index contributed by atoms with van der Waals surface area (Å²) >= 11 is 0.969. The van der Waals surface area contributed by atoms with Crippen LogP contribution in [0.15, 0.2) is 0 Å². The summed E-state index contributed by atoms with van der Waals surface area (Å²) in [6.45, 7) is 7.82. The van der Waals surface area contributed by atoms with Gasteiger partial charge in [0.15, 0.2) is 5.37 Å². The van der Waals surface area contributed by atoms with Gasteiger partial charge >= 0.3 is 18.0 Å². The minimum absolute atomic E-state index is 0.497. The molecule has 9 nitrogen and oxygen atoms in total. The third-order valence-electron chi connectivity index (χ3n) is 3.31. The molecule has 0 saturated carbocycles. The molecule has 10 heteroatoms. The molecule has 0 aromatic rings. The summed E-state index contributed by atoms with van der Waals surface area (Å²) in [5, 5.41) is 10.4. The Morgan fingerprint density at radius 2 is 1.80 bits per heavy atom. The lowest BCUT2D eigenvalue weighted by Gasteiger charge is -2.30. The maximum Gasteiger partial charge on any atom is 0.408 e. The van der Waals surface area contributed by atoms with E-state index in [1.165, 1.54) is 7.11 Å². The van der Waals surface area contributed by atoms with Crippen LogP contribution < -0.4 is 5.32 Å². The molecule has 0 spiro atoms. The molecule has 1 saturated heterocycles. The lowest BCUT2D eigenvalue weighted by molar-refractivity contribution is -0.156. The van der Waals surface area contributed by atoms with Gasteiger partial charge in [-0.15, -0.1) is 11.8 Å². The van der Waals surface area contributed by atoms with Gasteiger partial charge < -0.3 is 24.8 Å². The van der Waals surface area contributed by atoms with E-state index in [1.54, 1.807) is 34.6 Å². The zero-order chi connectivity index (χ0) is 19.6. The molecule has 25 heavy (non-hydrogen) atoms. The van der Waals surface area contributed by atoms with Crippen LogP contribution in [0.3, 0.4) is 0 Å². The fourth-order valence-electron chi connectivity index (χ4n) is 2.39. The fourth-order valence-corrected chi connectivity index (χ4v) is 3.75. The molecule has 0 radical (unpaired) electrons. The molecule has 1 rings (SSSR count). The Labute approximate surface area is 150 Å². The van der Waals surface area contributed by atoms with Gasteiger partial charge in [0.1, 0.15) is 18.2 Å². The Kier molecular flexibility index (Phi) is 6.33. The second-order valence-electron chi connectivity index (χ2n) is 6.99. The molecule has 142 valence electrons. The third kappa shape index (κ3) is 5.25.